The van der Waals surface area contributed by atoms with Crippen LogP contribution in [0, 0.1) is 11.8 Å². The molecule has 2 aromatic carbocycles. The van der Waals surface area contributed by atoms with Crippen LogP contribution in [0.2, 0.25) is 0 Å². The normalized spacial score (nSPS) is 23.1. The molecule has 0 bridgehead atoms. The molecule has 6 atom stereocenters. The molecule has 2 unspecified atom stereocenters. The molecular formula is C44H44F4N4O10S4. The Hall–Kier alpha value is -5.26. The topological polar surface area (TPSA) is 208 Å². The molecule has 3 N–H and O–H groups in total. The predicted molar refractivity (Wildman–Crippen MR) is 235 cm³/mol. The molecule has 0 saturated heterocycles. The van der Waals surface area contributed by atoms with Crippen LogP contribution in [0.3, 0.4) is 0 Å². The number of hydrogen-bond donors (Lipinski definition) is 3. The highest BCUT2D eigenvalue weighted by atomic mass is 32.3. The summed E-state index contributed by atoms with van der Waals surface area (Å²) in [5.74, 6) is -11.4. The van der Waals surface area contributed by atoms with Crippen LogP contribution in [-0.4, -0.2) is 60.9 Å². The maximum atomic E-state index is 13.5. The summed E-state index contributed by atoms with van der Waals surface area (Å²) in [4.78, 5) is 26.1. The lowest BCUT2D eigenvalue weighted by Crippen LogP contribution is -2.48. The SMILES string of the molecule is C[C@H]1C(c2ccccc2)[C@]1(NS(=O)(=O)c1ccc(-c2cc(C(C)(F)F)on2)s1)C(=O)O.C[C@H]1C(c2ccccc2)[C@]1(NS(=O)(=O)c1ccc(-c2cc(C(C)(F)F)on2)s1)C(=O)OC(C)(C)C. The average molecular weight is 993 g/mol. The molecule has 6 aromatic rings. The number of carboxylic acids is 1. The summed E-state index contributed by atoms with van der Waals surface area (Å²) >= 11 is 1.62. The van der Waals surface area contributed by atoms with Crippen LogP contribution >= 0.6 is 22.7 Å². The van der Waals surface area contributed by atoms with Crippen molar-refractivity contribution < 1.29 is 62.9 Å². The Balaban J connectivity index is 0.000000198. The van der Waals surface area contributed by atoms with Crippen LogP contribution in [0.25, 0.3) is 21.1 Å². The van der Waals surface area contributed by atoms with Gasteiger partial charge in [-0.25, -0.2) is 21.6 Å². The lowest BCUT2D eigenvalue weighted by atomic mass is 10.1. The lowest BCUT2D eigenvalue weighted by Gasteiger charge is -2.25. The van der Waals surface area contributed by atoms with Crippen LogP contribution in [0.15, 0.2) is 115 Å². The third kappa shape index (κ3) is 9.48. The van der Waals surface area contributed by atoms with E-state index in [0.717, 1.165) is 45.9 Å². The molecule has 0 amide bonds. The van der Waals surface area contributed by atoms with Gasteiger partial charge in [0.15, 0.2) is 0 Å². The highest BCUT2D eigenvalue weighted by Gasteiger charge is 2.71. The summed E-state index contributed by atoms with van der Waals surface area (Å²) in [7, 11) is -8.38. The smallest absolute Gasteiger partial charge is 0.328 e. The summed E-state index contributed by atoms with van der Waals surface area (Å²) in [6.45, 7) is 9.97. The third-order valence-electron chi connectivity index (χ3n) is 11.3. The molecule has 4 aromatic heterocycles. The second kappa shape index (κ2) is 17.1. The molecule has 352 valence electrons. The number of sulfonamides is 2. The molecule has 66 heavy (non-hydrogen) atoms. The van der Waals surface area contributed by atoms with Crippen LogP contribution in [0.5, 0.6) is 0 Å². The van der Waals surface area contributed by atoms with Crippen molar-refractivity contribution in [2.75, 3.05) is 0 Å². The molecule has 2 saturated carbocycles. The second-order valence-electron chi connectivity index (χ2n) is 17.3. The van der Waals surface area contributed by atoms with Crippen molar-refractivity contribution in [2.45, 2.75) is 97.2 Å². The van der Waals surface area contributed by atoms with Crippen molar-refractivity contribution >= 4 is 54.7 Å². The lowest BCUT2D eigenvalue weighted by molar-refractivity contribution is -0.158. The molecule has 0 radical (unpaired) electrons. The Morgan fingerprint density at radius 1 is 0.652 bits per heavy atom. The first kappa shape index (κ1) is 48.7. The minimum atomic E-state index is -4.20. The number of aliphatic carboxylic acids is 1. The van der Waals surface area contributed by atoms with E-state index in [0.29, 0.717) is 23.6 Å². The molecule has 0 spiro atoms. The number of carboxylic acid groups (broad SMARTS) is 1. The monoisotopic (exact) mass is 992 g/mol. The van der Waals surface area contributed by atoms with Gasteiger partial charge in [0.2, 0.25) is 11.5 Å². The van der Waals surface area contributed by atoms with Gasteiger partial charge in [0.1, 0.15) is 36.5 Å². The fraction of sp³-hybridized carbons (Fsp3) is 0.364. The standard InChI is InChI=1S/C24H26F2N2O5S2.C20H18F2N2O5S2/c1-14-20(15-9-7-6-8-10-15)24(14,21(29)32-22(2,3)4)28-35(30,31)19-12-11-17(34-19)16-13-18(33-27-16)23(5,25)26;1-11-17(12-6-4-3-5-7-12)20(11,18(25)26)24-31(27,28)16-9-8-14(30-16)13-10-15(29-23-13)19(2,21)22/h6-14,20,28H,1-5H3;3-11,17,24H,1-2H3,(H,25,26)/t14-,20?,24-;11-,17?,20-/m00/s1. The molecule has 2 aliphatic carbocycles. The first-order valence-electron chi connectivity index (χ1n) is 20.2. The second-order valence-corrected chi connectivity index (χ2v) is 23.3. The highest BCUT2D eigenvalue weighted by Crippen LogP contribution is 2.60. The maximum absolute atomic E-state index is 13.5. The number of thiophene rings is 2. The molecule has 0 aliphatic heterocycles. The summed E-state index contributed by atoms with van der Waals surface area (Å²) in [5.41, 5.74) is -2.27. The molecular weight excluding hydrogens is 949 g/mol. The zero-order valence-electron chi connectivity index (χ0n) is 36.2. The summed E-state index contributed by atoms with van der Waals surface area (Å²) in [5, 5.41) is 17.1. The zero-order chi connectivity index (χ0) is 48.4. The van der Waals surface area contributed by atoms with Gasteiger partial charge >= 0.3 is 23.8 Å². The molecule has 2 aliphatic rings. The number of ether oxygens (including phenoxy) is 1. The van der Waals surface area contributed by atoms with E-state index in [1.54, 1.807) is 65.0 Å². The van der Waals surface area contributed by atoms with Gasteiger partial charge < -0.3 is 18.9 Å². The van der Waals surface area contributed by atoms with Gasteiger partial charge in [0, 0.05) is 37.8 Å². The van der Waals surface area contributed by atoms with Gasteiger partial charge in [0.25, 0.3) is 20.0 Å². The van der Waals surface area contributed by atoms with Crippen molar-refractivity contribution in [3.63, 3.8) is 0 Å². The Morgan fingerprint density at radius 3 is 1.39 bits per heavy atom. The number of rotatable bonds is 14. The van der Waals surface area contributed by atoms with Crippen LogP contribution < -0.4 is 9.44 Å². The van der Waals surface area contributed by atoms with Gasteiger partial charge in [-0.1, -0.05) is 84.8 Å². The first-order chi connectivity index (χ1) is 30.6. The van der Waals surface area contributed by atoms with E-state index in [1.807, 2.05) is 30.3 Å². The van der Waals surface area contributed by atoms with E-state index < -0.39 is 89.8 Å². The number of nitrogens with zero attached hydrogens (tertiary/aromatic N) is 2. The van der Waals surface area contributed by atoms with E-state index >= 15 is 0 Å². The Kier molecular flexibility index (Phi) is 12.6. The van der Waals surface area contributed by atoms with Crippen molar-refractivity contribution in [3.8, 4) is 21.1 Å². The maximum Gasteiger partial charge on any atom is 0.328 e. The number of carbonyl (C=O) groups excluding carboxylic acids is 1. The molecule has 14 nitrogen and oxygen atoms in total. The molecule has 4 heterocycles. The molecule has 2 fully saturated rings. The van der Waals surface area contributed by atoms with Crippen molar-refractivity contribution in [3.05, 3.63) is 120 Å². The zero-order valence-corrected chi connectivity index (χ0v) is 39.5. The van der Waals surface area contributed by atoms with Crippen LogP contribution in [0.1, 0.15) is 82.9 Å². The number of carbonyl (C=O) groups is 2. The van der Waals surface area contributed by atoms with E-state index in [4.69, 9.17) is 9.26 Å². The number of nitrogens with one attached hydrogen (secondary N) is 2. The summed E-state index contributed by atoms with van der Waals surface area (Å²) in [6, 6.07) is 25.6. The van der Waals surface area contributed by atoms with Gasteiger partial charge in [-0.15, -0.1) is 22.7 Å². The number of esters is 1. The number of benzene rings is 2. The Bertz CT molecular complexity index is 2980. The third-order valence-corrected chi connectivity index (χ3v) is 17.5. The molecule has 22 heteroatoms. The van der Waals surface area contributed by atoms with Gasteiger partial charge in [-0.2, -0.15) is 27.0 Å². The minimum absolute atomic E-state index is 0.0675. The average Bonchev–Trinajstić information content (AvgIpc) is 3.80. The fourth-order valence-corrected chi connectivity index (χ4v) is 13.3. The molecule has 8 rings (SSSR count). The van der Waals surface area contributed by atoms with Crippen molar-refractivity contribution in [1.29, 1.82) is 0 Å². The minimum Gasteiger partial charge on any atom is -0.480 e. The van der Waals surface area contributed by atoms with Crippen molar-refractivity contribution in [1.82, 2.24) is 19.8 Å². The van der Waals surface area contributed by atoms with Gasteiger partial charge in [-0.05, 0) is 68.0 Å². The number of halogens is 4. The van der Waals surface area contributed by atoms with E-state index in [2.05, 4.69) is 24.3 Å². The highest BCUT2D eigenvalue weighted by molar-refractivity contribution is 7.92. The fourth-order valence-electron chi connectivity index (χ4n) is 7.89. The predicted octanol–water partition coefficient (Wildman–Crippen LogP) is 9.36. The number of hydrogen-bond acceptors (Lipinski definition) is 13. The first-order valence-corrected chi connectivity index (χ1v) is 24.8. The largest absolute Gasteiger partial charge is 0.480 e. The summed E-state index contributed by atoms with van der Waals surface area (Å²) < 4.78 is 126. The quantitative estimate of drug-likeness (QED) is 0.0689. The summed E-state index contributed by atoms with van der Waals surface area (Å²) in [6.07, 6.45) is 0. The number of alkyl halides is 4. The van der Waals surface area contributed by atoms with Gasteiger partial charge in [-0.3, -0.25) is 4.79 Å². The van der Waals surface area contributed by atoms with Crippen LogP contribution in [-0.2, 0) is 46.2 Å². The van der Waals surface area contributed by atoms with Gasteiger partial charge in [0.05, 0.1) is 9.75 Å². The van der Waals surface area contributed by atoms with E-state index in [9.17, 15) is 49.1 Å². The Labute approximate surface area is 385 Å². The Morgan fingerprint density at radius 2 is 1.03 bits per heavy atom. The van der Waals surface area contributed by atoms with E-state index in [1.165, 1.54) is 24.3 Å². The van der Waals surface area contributed by atoms with E-state index in [-0.39, 0.29) is 25.7 Å². The number of aromatic nitrogens is 2. The van der Waals surface area contributed by atoms with Crippen LogP contribution in [0.4, 0.5) is 17.6 Å². The van der Waals surface area contributed by atoms with Crippen molar-refractivity contribution in [2.24, 2.45) is 11.8 Å².